The van der Waals surface area contributed by atoms with Crippen molar-refractivity contribution < 1.29 is 22.7 Å². The highest BCUT2D eigenvalue weighted by molar-refractivity contribution is 6.04. The average molecular weight is 493 g/mol. The summed E-state index contributed by atoms with van der Waals surface area (Å²) in [6.45, 7) is 1.82. The minimum atomic E-state index is -4.51. The first-order chi connectivity index (χ1) is 16.6. The van der Waals surface area contributed by atoms with Crippen LogP contribution in [0.25, 0.3) is 0 Å². The molecule has 2 aromatic heterocycles. The number of rotatable bonds is 6. The minimum absolute atomic E-state index is 0.0452. The van der Waals surface area contributed by atoms with Gasteiger partial charge in [-0.05, 0) is 39.0 Å². The van der Waals surface area contributed by atoms with Crippen LogP contribution in [0.5, 0.6) is 0 Å². The molecule has 0 radical (unpaired) electrons. The van der Waals surface area contributed by atoms with Crippen LogP contribution in [-0.2, 0) is 15.7 Å². The molecule has 2 saturated carbocycles. The maximum Gasteiger partial charge on any atom is 0.434 e. The zero-order valence-electron chi connectivity index (χ0n) is 19.6. The van der Waals surface area contributed by atoms with Gasteiger partial charge in [0.25, 0.3) is 0 Å². The van der Waals surface area contributed by atoms with Gasteiger partial charge in [-0.3, -0.25) is 4.79 Å². The van der Waals surface area contributed by atoms with E-state index in [-0.39, 0.29) is 18.0 Å². The molecule has 2 aliphatic carbocycles. The first kappa shape index (κ1) is 23.5. The zero-order chi connectivity index (χ0) is 25.0. The predicted octanol–water partition coefficient (Wildman–Crippen LogP) is 2.97. The Morgan fingerprint density at radius 1 is 1.14 bits per heavy atom. The SMILES string of the molecule is COC1(C2C(=O)Nc3c(C)nc(N[C@H]4C[C@@H](Nc5cnc(C(F)(F)F)cn5)C4)nc3N2C)CCC1. The number of hydrogen-bond acceptors (Lipinski definition) is 9. The standard InChI is InChI=1S/C22H27F3N8O2/c1-11-16-18(33(2)17(19(34)31-16)21(35-3)5-4-6-21)32-20(28-11)30-13-7-12(8-13)29-15-10-26-14(9-27-15)22(23,24)25/h9-10,12-13,17H,4-8H2,1-3H3,(H,27,29)(H,31,34)(H,28,30,32)/t12-,13+,17?. The Bertz CT molecular complexity index is 1110. The molecule has 1 amide bonds. The van der Waals surface area contributed by atoms with Crippen LogP contribution < -0.4 is 20.9 Å². The number of aryl methyl sites for hydroxylation is 1. The molecule has 0 aromatic carbocycles. The summed E-state index contributed by atoms with van der Waals surface area (Å²) in [5.41, 5.74) is -0.283. The third-order valence-corrected chi connectivity index (χ3v) is 7.16. The van der Waals surface area contributed by atoms with E-state index in [0.29, 0.717) is 41.8 Å². The smallest absolute Gasteiger partial charge is 0.376 e. The van der Waals surface area contributed by atoms with Crippen LogP contribution in [0.2, 0.25) is 0 Å². The third kappa shape index (κ3) is 4.21. The van der Waals surface area contributed by atoms with E-state index in [2.05, 4.69) is 30.9 Å². The molecular formula is C22H27F3N8O2. The molecule has 2 fully saturated rings. The fourth-order valence-electron chi connectivity index (χ4n) is 5.01. The monoisotopic (exact) mass is 492 g/mol. The summed E-state index contributed by atoms with van der Waals surface area (Å²) in [5.74, 6) is 1.28. The van der Waals surface area contributed by atoms with Gasteiger partial charge in [-0.15, -0.1) is 0 Å². The average Bonchev–Trinajstić information content (AvgIpc) is 2.74. The fraction of sp³-hybridized carbons (Fsp3) is 0.591. The number of nitrogens with zero attached hydrogens (tertiary/aromatic N) is 5. The van der Waals surface area contributed by atoms with Crippen molar-refractivity contribution in [3.05, 3.63) is 23.8 Å². The molecule has 1 aliphatic heterocycles. The van der Waals surface area contributed by atoms with Crippen LogP contribution in [0.4, 0.5) is 36.4 Å². The number of ether oxygens (including phenoxy) is 1. The van der Waals surface area contributed by atoms with E-state index in [0.717, 1.165) is 31.7 Å². The lowest BCUT2D eigenvalue weighted by atomic mass is 9.73. The summed E-state index contributed by atoms with van der Waals surface area (Å²) >= 11 is 0. The van der Waals surface area contributed by atoms with Gasteiger partial charge in [0.15, 0.2) is 11.5 Å². The molecule has 35 heavy (non-hydrogen) atoms. The van der Waals surface area contributed by atoms with Gasteiger partial charge in [-0.25, -0.2) is 15.0 Å². The van der Waals surface area contributed by atoms with Gasteiger partial charge in [0.05, 0.1) is 23.7 Å². The summed E-state index contributed by atoms with van der Waals surface area (Å²) in [6.07, 6.45) is 1.38. The maximum atomic E-state index is 12.9. The van der Waals surface area contributed by atoms with Crippen molar-refractivity contribution in [3.8, 4) is 0 Å². The number of aromatic nitrogens is 4. The lowest BCUT2D eigenvalue weighted by molar-refractivity contribution is -0.141. The molecule has 10 nitrogen and oxygen atoms in total. The number of hydrogen-bond donors (Lipinski definition) is 3. The van der Waals surface area contributed by atoms with Crippen LogP contribution in [0, 0.1) is 6.92 Å². The van der Waals surface area contributed by atoms with E-state index >= 15 is 0 Å². The predicted molar refractivity (Wildman–Crippen MR) is 122 cm³/mol. The second-order valence-corrected chi connectivity index (χ2v) is 9.39. The number of fused-ring (bicyclic) bond motifs is 1. The Kier molecular flexibility index (Phi) is 5.69. The molecule has 0 saturated heterocycles. The van der Waals surface area contributed by atoms with Crippen LogP contribution in [0.1, 0.15) is 43.5 Å². The van der Waals surface area contributed by atoms with E-state index in [1.54, 1.807) is 7.11 Å². The first-order valence-electron chi connectivity index (χ1n) is 11.5. The number of carbonyl (C=O) groups is 1. The summed E-state index contributed by atoms with van der Waals surface area (Å²) < 4.78 is 43.7. The Hall–Kier alpha value is -3.22. The minimum Gasteiger partial charge on any atom is -0.376 e. The van der Waals surface area contributed by atoms with Crippen molar-refractivity contribution in [1.29, 1.82) is 0 Å². The Morgan fingerprint density at radius 3 is 2.43 bits per heavy atom. The van der Waals surface area contributed by atoms with Crippen molar-refractivity contribution in [1.82, 2.24) is 19.9 Å². The molecule has 188 valence electrons. The van der Waals surface area contributed by atoms with Crippen molar-refractivity contribution in [2.45, 2.75) is 68.9 Å². The molecule has 0 spiro atoms. The van der Waals surface area contributed by atoms with Crippen molar-refractivity contribution >= 4 is 29.2 Å². The quantitative estimate of drug-likeness (QED) is 0.559. The van der Waals surface area contributed by atoms with Crippen molar-refractivity contribution in [2.75, 3.05) is 35.0 Å². The highest BCUT2D eigenvalue weighted by Gasteiger charge is 2.52. The molecule has 0 bridgehead atoms. The second-order valence-electron chi connectivity index (χ2n) is 9.39. The molecular weight excluding hydrogens is 465 g/mol. The number of alkyl halides is 3. The van der Waals surface area contributed by atoms with Crippen LogP contribution in [-0.4, -0.2) is 63.7 Å². The molecule has 1 unspecified atom stereocenters. The van der Waals surface area contributed by atoms with Crippen molar-refractivity contribution in [2.24, 2.45) is 0 Å². The summed E-state index contributed by atoms with van der Waals surface area (Å²) in [6, 6.07) is -0.342. The van der Waals surface area contributed by atoms with Crippen molar-refractivity contribution in [3.63, 3.8) is 0 Å². The lowest BCUT2D eigenvalue weighted by Gasteiger charge is -2.50. The number of anilines is 4. The normalized spacial score (nSPS) is 25.1. The van der Waals surface area contributed by atoms with Crippen LogP contribution >= 0.6 is 0 Å². The molecule has 3 aliphatic rings. The number of amides is 1. The van der Waals surface area contributed by atoms with E-state index in [1.165, 1.54) is 0 Å². The molecule has 1 atom stereocenters. The van der Waals surface area contributed by atoms with Crippen LogP contribution in [0.3, 0.4) is 0 Å². The van der Waals surface area contributed by atoms with E-state index in [4.69, 9.17) is 9.72 Å². The molecule has 2 aromatic rings. The van der Waals surface area contributed by atoms with Gasteiger partial charge in [0.1, 0.15) is 17.5 Å². The summed E-state index contributed by atoms with van der Waals surface area (Å²) in [7, 11) is 3.50. The zero-order valence-corrected chi connectivity index (χ0v) is 19.6. The highest BCUT2D eigenvalue weighted by Crippen LogP contribution is 2.44. The van der Waals surface area contributed by atoms with Crippen LogP contribution in [0.15, 0.2) is 12.4 Å². The number of methoxy groups -OCH3 is 1. The number of likely N-dealkylation sites (N-methyl/N-ethyl adjacent to an activating group) is 1. The lowest BCUT2D eigenvalue weighted by Crippen LogP contribution is -2.64. The number of carbonyl (C=O) groups excluding carboxylic acids is 1. The summed E-state index contributed by atoms with van der Waals surface area (Å²) in [5, 5.41) is 9.39. The summed E-state index contributed by atoms with van der Waals surface area (Å²) in [4.78, 5) is 31.2. The molecule has 13 heteroatoms. The Morgan fingerprint density at radius 2 is 1.86 bits per heavy atom. The van der Waals surface area contributed by atoms with Gasteiger partial charge in [-0.2, -0.15) is 18.2 Å². The first-order valence-corrected chi connectivity index (χ1v) is 11.5. The van der Waals surface area contributed by atoms with Gasteiger partial charge in [0.2, 0.25) is 11.9 Å². The fourth-order valence-corrected chi connectivity index (χ4v) is 5.01. The molecule has 3 N–H and O–H groups in total. The van der Waals surface area contributed by atoms with Gasteiger partial charge in [-0.1, -0.05) is 0 Å². The molecule has 3 heterocycles. The van der Waals surface area contributed by atoms with E-state index in [9.17, 15) is 18.0 Å². The highest BCUT2D eigenvalue weighted by atomic mass is 19.4. The topological polar surface area (TPSA) is 117 Å². The number of nitrogens with one attached hydrogen (secondary N) is 3. The second kappa shape index (κ2) is 8.47. The van der Waals surface area contributed by atoms with E-state index < -0.39 is 23.5 Å². The van der Waals surface area contributed by atoms with Gasteiger partial charge < -0.3 is 25.6 Å². The Balaban J connectivity index is 1.23. The largest absolute Gasteiger partial charge is 0.434 e. The number of halogens is 3. The maximum absolute atomic E-state index is 12.9. The third-order valence-electron chi connectivity index (χ3n) is 7.16. The van der Waals surface area contributed by atoms with Gasteiger partial charge >= 0.3 is 6.18 Å². The van der Waals surface area contributed by atoms with E-state index in [1.807, 2.05) is 18.9 Å². The molecule has 5 rings (SSSR count). The van der Waals surface area contributed by atoms with Gasteiger partial charge in [0, 0.05) is 26.2 Å². The Labute approximate surface area is 200 Å².